The van der Waals surface area contributed by atoms with Gasteiger partial charge in [-0.3, -0.25) is 4.57 Å². The summed E-state index contributed by atoms with van der Waals surface area (Å²) in [7, 11) is 0. The molecule has 52 heavy (non-hydrogen) atoms. The highest BCUT2D eigenvalue weighted by Crippen LogP contribution is 2.45. The molecule has 0 fully saturated rings. The van der Waals surface area contributed by atoms with Gasteiger partial charge in [0.15, 0.2) is 0 Å². The molecular formula is C48H29N3S. The van der Waals surface area contributed by atoms with Gasteiger partial charge in [-0.25, -0.2) is 9.97 Å². The Bertz CT molecular complexity index is 3170. The maximum Gasteiger partial charge on any atom is 0.235 e. The lowest BCUT2D eigenvalue weighted by molar-refractivity contribution is 1.01. The van der Waals surface area contributed by atoms with Gasteiger partial charge in [0.05, 0.1) is 22.2 Å². The predicted molar refractivity (Wildman–Crippen MR) is 221 cm³/mol. The van der Waals surface area contributed by atoms with E-state index in [1.165, 1.54) is 64.0 Å². The van der Waals surface area contributed by atoms with Crippen LogP contribution >= 0.6 is 11.3 Å². The van der Waals surface area contributed by atoms with Gasteiger partial charge in [0.1, 0.15) is 0 Å². The fourth-order valence-electron chi connectivity index (χ4n) is 8.06. The zero-order chi connectivity index (χ0) is 34.2. The van der Waals surface area contributed by atoms with Gasteiger partial charge in [-0.15, -0.1) is 11.3 Å². The average Bonchev–Trinajstić information content (AvgIpc) is 3.77. The minimum atomic E-state index is 0.660. The summed E-state index contributed by atoms with van der Waals surface area (Å²) < 4.78 is 4.89. The van der Waals surface area contributed by atoms with Crippen molar-refractivity contribution in [2.24, 2.45) is 0 Å². The van der Waals surface area contributed by atoms with Crippen LogP contribution in [0.4, 0.5) is 0 Å². The van der Waals surface area contributed by atoms with Gasteiger partial charge in [0.2, 0.25) is 5.95 Å². The third kappa shape index (κ3) is 4.38. The minimum absolute atomic E-state index is 0.660. The molecule has 242 valence electrons. The van der Waals surface area contributed by atoms with Crippen molar-refractivity contribution in [2.45, 2.75) is 0 Å². The van der Waals surface area contributed by atoms with Crippen LogP contribution in [0.25, 0.3) is 103 Å². The molecule has 0 aliphatic heterocycles. The van der Waals surface area contributed by atoms with E-state index < -0.39 is 0 Å². The third-order valence-electron chi connectivity index (χ3n) is 10.4. The lowest BCUT2D eigenvalue weighted by atomic mass is 9.94. The molecule has 8 aromatic carbocycles. The Morgan fingerprint density at radius 1 is 0.404 bits per heavy atom. The fraction of sp³-hybridized carbons (Fsp3) is 0. The topological polar surface area (TPSA) is 30.7 Å². The summed E-state index contributed by atoms with van der Waals surface area (Å²) in [5, 5.41) is 8.49. The lowest BCUT2D eigenvalue weighted by Crippen LogP contribution is -2.03. The molecule has 0 aliphatic carbocycles. The monoisotopic (exact) mass is 679 g/mol. The molecule has 0 saturated carbocycles. The molecule has 0 aliphatic rings. The maximum absolute atomic E-state index is 5.43. The first-order chi connectivity index (χ1) is 25.8. The fourth-order valence-corrected chi connectivity index (χ4v) is 9.29. The molecule has 0 amide bonds. The van der Waals surface area contributed by atoms with Crippen molar-refractivity contribution in [2.75, 3.05) is 0 Å². The smallest absolute Gasteiger partial charge is 0.235 e. The number of hydrogen-bond donors (Lipinski definition) is 0. The summed E-state index contributed by atoms with van der Waals surface area (Å²) in [5.74, 6) is 0.660. The molecule has 11 aromatic rings. The SMILES string of the molecule is c1ccc(-c2ccc(-c3nc(-n4c5ccccc5c5c6ccccc6c(-c6cccc7c6sc6ccccc67)cc54)nc4ccccc34)cc2)cc1. The average molecular weight is 680 g/mol. The van der Waals surface area contributed by atoms with Gasteiger partial charge in [-0.1, -0.05) is 152 Å². The summed E-state index contributed by atoms with van der Waals surface area (Å²) in [6, 6.07) is 63.0. The summed E-state index contributed by atoms with van der Waals surface area (Å²) in [6.07, 6.45) is 0. The minimum Gasteiger partial charge on any atom is -0.278 e. The molecule has 0 spiro atoms. The van der Waals surface area contributed by atoms with Crippen LogP contribution in [0.2, 0.25) is 0 Å². The van der Waals surface area contributed by atoms with Crippen LogP contribution in [-0.4, -0.2) is 14.5 Å². The molecule has 0 unspecified atom stereocenters. The Hall–Kier alpha value is -6.62. The summed E-state index contributed by atoms with van der Waals surface area (Å²) >= 11 is 1.87. The molecular weight excluding hydrogens is 651 g/mol. The van der Waals surface area contributed by atoms with E-state index >= 15 is 0 Å². The van der Waals surface area contributed by atoms with E-state index in [0.717, 1.165) is 33.2 Å². The Labute approximate surface area is 303 Å². The largest absolute Gasteiger partial charge is 0.278 e. The van der Waals surface area contributed by atoms with Gasteiger partial charge >= 0.3 is 0 Å². The van der Waals surface area contributed by atoms with E-state index in [1.807, 2.05) is 11.3 Å². The van der Waals surface area contributed by atoms with Crippen LogP contribution in [0.5, 0.6) is 0 Å². The molecule has 0 saturated heterocycles. The second-order valence-corrected chi connectivity index (χ2v) is 14.4. The second-order valence-electron chi connectivity index (χ2n) is 13.3. The van der Waals surface area contributed by atoms with E-state index in [4.69, 9.17) is 9.97 Å². The first kappa shape index (κ1) is 29.1. The van der Waals surface area contributed by atoms with Crippen LogP contribution < -0.4 is 0 Å². The van der Waals surface area contributed by atoms with Crippen molar-refractivity contribution in [3.05, 3.63) is 176 Å². The van der Waals surface area contributed by atoms with Crippen LogP contribution in [0.15, 0.2) is 176 Å². The molecule has 11 rings (SSSR count). The highest BCUT2D eigenvalue weighted by atomic mass is 32.1. The molecule has 0 N–H and O–H groups in total. The highest BCUT2D eigenvalue weighted by Gasteiger charge is 2.22. The Morgan fingerprint density at radius 2 is 1.04 bits per heavy atom. The van der Waals surface area contributed by atoms with Crippen LogP contribution in [0.1, 0.15) is 0 Å². The summed E-state index contributed by atoms with van der Waals surface area (Å²) in [6.45, 7) is 0. The zero-order valence-corrected chi connectivity index (χ0v) is 28.8. The summed E-state index contributed by atoms with van der Waals surface area (Å²) in [4.78, 5) is 10.7. The maximum atomic E-state index is 5.43. The lowest BCUT2D eigenvalue weighted by Gasteiger charge is -2.14. The van der Waals surface area contributed by atoms with E-state index in [2.05, 4.69) is 180 Å². The molecule has 0 atom stereocenters. The Kier molecular flexibility index (Phi) is 6.42. The molecule has 3 aromatic heterocycles. The normalized spacial score (nSPS) is 11.8. The predicted octanol–water partition coefficient (Wildman–Crippen LogP) is 13.2. The summed E-state index contributed by atoms with van der Waals surface area (Å²) in [5.41, 5.74) is 9.89. The zero-order valence-electron chi connectivity index (χ0n) is 28.0. The van der Waals surface area contributed by atoms with Gasteiger partial charge in [0, 0.05) is 47.5 Å². The Balaban J connectivity index is 1.21. The quantitative estimate of drug-likeness (QED) is 0.185. The number of nitrogens with zero attached hydrogens (tertiary/aromatic N) is 3. The number of para-hydroxylation sites is 2. The van der Waals surface area contributed by atoms with Crippen LogP contribution in [0.3, 0.4) is 0 Å². The van der Waals surface area contributed by atoms with Gasteiger partial charge in [-0.2, -0.15) is 0 Å². The van der Waals surface area contributed by atoms with Crippen molar-refractivity contribution in [1.29, 1.82) is 0 Å². The van der Waals surface area contributed by atoms with E-state index in [-0.39, 0.29) is 0 Å². The molecule has 3 heterocycles. The van der Waals surface area contributed by atoms with Crippen molar-refractivity contribution >= 4 is 75.0 Å². The van der Waals surface area contributed by atoms with Crippen LogP contribution in [0, 0.1) is 0 Å². The standard InChI is InChI=1S/C48H29N3S/c1-2-13-30(14-3-1)31-25-27-32(28-26-31)46-38-18-6-9-22-41(38)49-48(50-46)51-42-23-10-7-19-39(42)45-35-17-5-4-15-33(35)40(29-43(45)51)37-21-12-20-36-34-16-8-11-24-44(34)52-47(36)37/h1-29H. The number of aromatic nitrogens is 3. The van der Waals surface area contributed by atoms with E-state index in [9.17, 15) is 0 Å². The first-order valence-corrected chi connectivity index (χ1v) is 18.4. The number of fused-ring (bicyclic) bond motifs is 9. The van der Waals surface area contributed by atoms with Gasteiger partial charge < -0.3 is 0 Å². The van der Waals surface area contributed by atoms with Crippen molar-refractivity contribution in [3.8, 4) is 39.5 Å². The van der Waals surface area contributed by atoms with E-state index in [1.54, 1.807) is 0 Å². The van der Waals surface area contributed by atoms with Crippen molar-refractivity contribution in [3.63, 3.8) is 0 Å². The molecule has 0 bridgehead atoms. The molecule has 0 radical (unpaired) electrons. The third-order valence-corrected chi connectivity index (χ3v) is 11.7. The Morgan fingerprint density at radius 3 is 1.88 bits per heavy atom. The number of rotatable bonds is 4. The molecule has 4 heteroatoms. The first-order valence-electron chi connectivity index (χ1n) is 17.6. The molecule has 3 nitrogen and oxygen atoms in total. The number of hydrogen-bond acceptors (Lipinski definition) is 3. The second kappa shape index (κ2) is 11.5. The highest BCUT2D eigenvalue weighted by molar-refractivity contribution is 7.26. The number of benzene rings is 8. The van der Waals surface area contributed by atoms with Gasteiger partial charge in [0.25, 0.3) is 0 Å². The van der Waals surface area contributed by atoms with Crippen molar-refractivity contribution < 1.29 is 0 Å². The van der Waals surface area contributed by atoms with Gasteiger partial charge in [-0.05, 0) is 51.7 Å². The van der Waals surface area contributed by atoms with Crippen molar-refractivity contribution in [1.82, 2.24) is 14.5 Å². The van der Waals surface area contributed by atoms with Crippen LogP contribution in [-0.2, 0) is 0 Å². The number of thiophene rings is 1. The van der Waals surface area contributed by atoms with E-state index in [0.29, 0.717) is 5.95 Å².